The third kappa shape index (κ3) is 4.65. The van der Waals surface area contributed by atoms with Gasteiger partial charge in [-0.2, -0.15) is 0 Å². The highest BCUT2D eigenvalue weighted by Gasteiger charge is 2.24. The molecule has 2 heterocycles. The van der Waals surface area contributed by atoms with Crippen LogP contribution in [0.3, 0.4) is 0 Å². The van der Waals surface area contributed by atoms with Crippen molar-refractivity contribution in [2.75, 3.05) is 6.54 Å². The fraction of sp³-hybridized carbons (Fsp3) is 0.138. The molecule has 2 aromatic heterocycles. The van der Waals surface area contributed by atoms with Crippen molar-refractivity contribution < 1.29 is 4.79 Å². The minimum Gasteiger partial charge on any atom is -0.360 e. The first kappa shape index (κ1) is 21.7. The van der Waals surface area contributed by atoms with Crippen molar-refractivity contribution in [1.29, 1.82) is 0 Å². The Morgan fingerprint density at radius 3 is 2.59 bits per heavy atom. The number of carbonyl (C=O) groups is 1. The number of H-pyrrole nitrogens is 1. The molecule has 0 unspecified atom stereocenters. The first-order valence-electron chi connectivity index (χ1n) is 11.4. The molecule has 0 bridgehead atoms. The molecule has 0 radical (unpaired) electrons. The van der Waals surface area contributed by atoms with Crippen molar-refractivity contribution in [3.05, 3.63) is 120 Å². The third-order valence-corrected chi connectivity index (χ3v) is 6.10. The van der Waals surface area contributed by atoms with Gasteiger partial charge in [0.05, 0.1) is 11.7 Å². The maximum atomic E-state index is 13.8. The smallest absolute Gasteiger partial charge is 0.186 e. The molecule has 0 aliphatic carbocycles. The molecule has 5 rings (SSSR count). The van der Waals surface area contributed by atoms with Gasteiger partial charge in [-0.15, -0.1) is 0 Å². The van der Waals surface area contributed by atoms with Crippen molar-refractivity contribution in [3.8, 4) is 11.3 Å². The lowest BCUT2D eigenvalue weighted by atomic mass is 9.96. The number of aromatic nitrogens is 3. The normalized spacial score (nSPS) is 12.0. The molecule has 3 aromatic carbocycles. The number of ketones is 1. The molecule has 0 amide bonds. The molecule has 34 heavy (non-hydrogen) atoms. The lowest BCUT2D eigenvalue weighted by Gasteiger charge is -2.18. The summed E-state index contributed by atoms with van der Waals surface area (Å²) < 4.78 is 0. The van der Waals surface area contributed by atoms with E-state index in [1.165, 1.54) is 17.5 Å². The van der Waals surface area contributed by atoms with Crippen molar-refractivity contribution in [2.45, 2.75) is 19.4 Å². The van der Waals surface area contributed by atoms with Crippen LogP contribution in [0.2, 0.25) is 0 Å². The van der Waals surface area contributed by atoms with Crippen LogP contribution < -0.4 is 5.32 Å². The van der Waals surface area contributed by atoms with Crippen LogP contribution in [0.15, 0.2) is 97.6 Å². The molecule has 1 atom stereocenters. The molecular weight excluding hydrogens is 420 g/mol. The molecule has 2 N–H and O–H groups in total. The molecule has 168 valence electrons. The topological polar surface area (TPSA) is 70.7 Å². The zero-order chi connectivity index (χ0) is 23.3. The first-order valence-corrected chi connectivity index (χ1v) is 11.4. The summed E-state index contributed by atoms with van der Waals surface area (Å²) in [5, 5.41) is 4.42. The summed E-state index contributed by atoms with van der Waals surface area (Å²) in [7, 11) is 0. The Bertz CT molecular complexity index is 1390. The van der Waals surface area contributed by atoms with E-state index in [0.29, 0.717) is 12.1 Å². The number of nitrogens with one attached hydrogen (secondary N) is 2. The highest BCUT2D eigenvalue weighted by molar-refractivity contribution is 6.11. The number of carbonyl (C=O) groups excluding carboxylic acids is 1. The number of benzene rings is 3. The number of hydrogen-bond acceptors (Lipinski definition) is 4. The molecule has 0 aliphatic heterocycles. The molecule has 0 aliphatic rings. The highest BCUT2D eigenvalue weighted by Crippen LogP contribution is 2.28. The Labute approximate surface area is 198 Å². The van der Waals surface area contributed by atoms with E-state index >= 15 is 0 Å². The van der Waals surface area contributed by atoms with E-state index in [1.54, 1.807) is 6.20 Å². The quantitative estimate of drug-likeness (QED) is 0.301. The second-order valence-electron chi connectivity index (χ2n) is 8.46. The van der Waals surface area contributed by atoms with E-state index in [9.17, 15) is 4.79 Å². The Morgan fingerprint density at radius 1 is 1.00 bits per heavy atom. The SMILES string of the molecule is Cc1ccc(CCN[C@@H](C(=O)c2c[nH]c3cc(-c4ccncn4)ccc23)c2ccccc2)cc1. The van der Waals surface area contributed by atoms with Gasteiger partial charge in [-0.3, -0.25) is 4.79 Å². The standard InChI is InChI=1S/C29H26N4O/c1-20-7-9-21(10-8-20)13-16-31-28(22-5-3-2-4-6-22)29(34)25-18-32-27-17-23(11-12-24(25)27)26-14-15-30-19-33-26/h2-12,14-15,17-19,28,31-32H,13,16H2,1H3/t28-/m1/s1. The summed E-state index contributed by atoms with van der Waals surface area (Å²) in [6.45, 7) is 2.79. The fourth-order valence-corrected chi connectivity index (χ4v) is 4.23. The van der Waals surface area contributed by atoms with E-state index in [4.69, 9.17) is 0 Å². The zero-order valence-electron chi connectivity index (χ0n) is 19.0. The lowest BCUT2D eigenvalue weighted by molar-refractivity contribution is 0.0945. The summed E-state index contributed by atoms with van der Waals surface area (Å²) in [6.07, 6.45) is 5.93. The van der Waals surface area contributed by atoms with Crippen LogP contribution in [0.1, 0.15) is 33.1 Å². The van der Waals surface area contributed by atoms with Gasteiger partial charge in [0.1, 0.15) is 6.33 Å². The summed E-state index contributed by atoms with van der Waals surface area (Å²) >= 11 is 0. The maximum absolute atomic E-state index is 13.8. The number of aryl methyl sites for hydroxylation is 1. The van der Waals surface area contributed by atoms with E-state index in [2.05, 4.69) is 51.5 Å². The van der Waals surface area contributed by atoms with Crippen LogP contribution in [-0.2, 0) is 6.42 Å². The Balaban J connectivity index is 1.40. The van der Waals surface area contributed by atoms with Crippen LogP contribution in [-0.4, -0.2) is 27.3 Å². The van der Waals surface area contributed by atoms with Crippen molar-refractivity contribution in [3.63, 3.8) is 0 Å². The van der Waals surface area contributed by atoms with Crippen molar-refractivity contribution in [2.24, 2.45) is 0 Å². The van der Waals surface area contributed by atoms with Gasteiger partial charge >= 0.3 is 0 Å². The minimum atomic E-state index is -0.424. The zero-order valence-corrected chi connectivity index (χ0v) is 19.0. The first-order chi connectivity index (χ1) is 16.7. The summed E-state index contributed by atoms with van der Waals surface area (Å²) in [4.78, 5) is 25.4. The predicted molar refractivity (Wildman–Crippen MR) is 136 cm³/mol. The van der Waals surface area contributed by atoms with Crippen LogP contribution in [0.25, 0.3) is 22.2 Å². The molecule has 5 nitrogen and oxygen atoms in total. The number of fused-ring (bicyclic) bond motifs is 1. The predicted octanol–water partition coefficient (Wildman–Crippen LogP) is 5.69. The van der Waals surface area contributed by atoms with Gasteiger partial charge in [0, 0.05) is 41.0 Å². The second kappa shape index (κ2) is 9.81. The van der Waals surface area contributed by atoms with Gasteiger partial charge in [0.25, 0.3) is 0 Å². The molecule has 0 saturated carbocycles. The molecule has 0 fully saturated rings. The Kier molecular flexibility index (Phi) is 6.27. The number of Topliss-reactive ketones (excluding diaryl/α,β-unsaturated/α-hetero) is 1. The molecule has 5 heteroatoms. The summed E-state index contributed by atoms with van der Waals surface area (Å²) in [5.74, 6) is 0.0520. The molecule has 0 saturated heterocycles. The van der Waals surface area contributed by atoms with Crippen LogP contribution in [0.5, 0.6) is 0 Å². The van der Waals surface area contributed by atoms with E-state index in [-0.39, 0.29) is 5.78 Å². The van der Waals surface area contributed by atoms with Crippen LogP contribution in [0, 0.1) is 6.92 Å². The number of aromatic amines is 1. The molecule has 0 spiro atoms. The average molecular weight is 447 g/mol. The highest BCUT2D eigenvalue weighted by atomic mass is 16.1. The van der Waals surface area contributed by atoms with Gasteiger partial charge in [-0.25, -0.2) is 9.97 Å². The van der Waals surface area contributed by atoms with Gasteiger partial charge in [0.15, 0.2) is 5.78 Å². The van der Waals surface area contributed by atoms with E-state index in [0.717, 1.165) is 34.1 Å². The van der Waals surface area contributed by atoms with Crippen LogP contribution in [0.4, 0.5) is 0 Å². The van der Waals surface area contributed by atoms with Crippen LogP contribution >= 0.6 is 0 Å². The van der Waals surface area contributed by atoms with Crippen molar-refractivity contribution in [1.82, 2.24) is 20.3 Å². The van der Waals surface area contributed by atoms with Gasteiger partial charge in [-0.1, -0.05) is 72.3 Å². The lowest BCUT2D eigenvalue weighted by Crippen LogP contribution is -2.30. The fourth-order valence-electron chi connectivity index (χ4n) is 4.23. The monoisotopic (exact) mass is 446 g/mol. The third-order valence-electron chi connectivity index (χ3n) is 6.10. The number of nitrogens with zero attached hydrogens (tertiary/aromatic N) is 2. The number of rotatable bonds is 8. The summed E-state index contributed by atoms with van der Waals surface area (Å²) in [5.41, 5.74) is 6.87. The summed E-state index contributed by atoms with van der Waals surface area (Å²) in [6, 6.07) is 25.9. The molecule has 5 aromatic rings. The Morgan fingerprint density at radius 2 is 1.82 bits per heavy atom. The Hall–Kier alpha value is -4.09. The minimum absolute atomic E-state index is 0.0520. The molecular formula is C29H26N4O. The van der Waals surface area contributed by atoms with Crippen molar-refractivity contribution >= 4 is 16.7 Å². The maximum Gasteiger partial charge on any atom is 0.186 e. The van der Waals surface area contributed by atoms with E-state index < -0.39 is 6.04 Å². The average Bonchev–Trinajstić information content (AvgIpc) is 3.32. The van der Waals surface area contributed by atoms with Gasteiger partial charge in [0.2, 0.25) is 0 Å². The van der Waals surface area contributed by atoms with E-state index in [1.807, 2.05) is 60.8 Å². The van der Waals surface area contributed by atoms with Gasteiger partial charge < -0.3 is 10.3 Å². The largest absolute Gasteiger partial charge is 0.360 e. The second-order valence-corrected chi connectivity index (χ2v) is 8.46. The number of hydrogen-bond donors (Lipinski definition) is 2. The van der Waals surface area contributed by atoms with Gasteiger partial charge in [-0.05, 0) is 36.6 Å².